The van der Waals surface area contributed by atoms with Crippen LogP contribution in [0.3, 0.4) is 0 Å². The minimum Gasteiger partial charge on any atom is -0.455 e. The summed E-state index contributed by atoms with van der Waals surface area (Å²) in [4.78, 5) is 42.0. The van der Waals surface area contributed by atoms with Crippen molar-refractivity contribution in [2.45, 2.75) is 31.2 Å². The summed E-state index contributed by atoms with van der Waals surface area (Å²) in [6.45, 7) is -0.792. The van der Waals surface area contributed by atoms with E-state index in [9.17, 15) is 31.6 Å². The maximum absolute atomic E-state index is 14.0. The van der Waals surface area contributed by atoms with Crippen LogP contribution in [-0.4, -0.2) is 76.2 Å². The zero-order chi connectivity index (χ0) is 33.5. The minimum atomic E-state index is -4.01. The lowest BCUT2D eigenvalue weighted by Gasteiger charge is -2.43. The number of nitrogens with zero attached hydrogens (tertiary/aromatic N) is 2. The SMILES string of the molecule is CNC(=O)c1c(-c2ccc(F)cc2)oc2cc(N(CCF)S(C)(=O)=O)c(-c3cccc(C(=O)N4CCNC(=O)C45CCCC5)c3)cc12. The molecule has 0 unspecified atom stereocenters. The Kier molecular flexibility index (Phi) is 8.51. The third-order valence-electron chi connectivity index (χ3n) is 8.98. The smallest absolute Gasteiger partial charge is 0.255 e. The Hall–Kier alpha value is -4.78. The van der Waals surface area contributed by atoms with Crippen LogP contribution in [0.5, 0.6) is 0 Å². The van der Waals surface area contributed by atoms with Gasteiger partial charge in [-0.15, -0.1) is 0 Å². The number of amides is 3. The summed E-state index contributed by atoms with van der Waals surface area (Å²) >= 11 is 0. The van der Waals surface area contributed by atoms with Crippen molar-refractivity contribution in [3.63, 3.8) is 0 Å². The Balaban J connectivity index is 1.56. The van der Waals surface area contributed by atoms with Crippen molar-refractivity contribution in [2.75, 3.05) is 43.9 Å². The van der Waals surface area contributed by atoms with Gasteiger partial charge in [-0.25, -0.2) is 17.2 Å². The molecule has 2 heterocycles. The maximum atomic E-state index is 14.0. The number of carbonyl (C=O) groups is 3. The van der Waals surface area contributed by atoms with Crippen molar-refractivity contribution < 1.29 is 36.0 Å². The number of piperazine rings is 1. The van der Waals surface area contributed by atoms with E-state index >= 15 is 0 Å². The molecule has 2 N–H and O–H groups in total. The number of benzene rings is 3. The third-order valence-corrected chi connectivity index (χ3v) is 10.2. The summed E-state index contributed by atoms with van der Waals surface area (Å²) in [6, 6.07) is 15.0. The van der Waals surface area contributed by atoms with Gasteiger partial charge in [0.05, 0.1) is 24.1 Å². The average molecular weight is 665 g/mol. The molecule has 13 heteroatoms. The quantitative estimate of drug-likeness (QED) is 0.276. The predicted octanol–water partition coefficient (Wildman–Crippen LogP) is 4.89. The second-order valence-corrected chi connectivity index (χ2v) is 13.7. The summed E-state index contributed by atoms with van der Waals surface area (Å²) < 4.78 is 60.7. The van der Waals surface area contributed by atoms with E-state index in [1.54, 1.807) is 35.2 Å². The van der Waals surface area contributed by atoms with E-state index in [4.69, 9.17) is 4.42 Å². The minimum absolute atomic E-state index is 0.0784. The summed E-state index contributed by atoms with van der Waals surface area (Å²) in [5, 5.41) is 5.82. The first-order valence-corrected chi connectivity index (χ1v) is 17.2. The molecule has 47 heavy (non-hydrogen) atoms. The molecule has 1 aromatic heterocycles. The number of sulfonamides is 1. The lowest BCUT2D eigenvalue weighted by atomic mass is 9.90. The van der Waals surface area contributed by atoms with Gasteiger partial charge in [-0.05, 0) is 60.9 Å². The number of nitrogens with one attached hydrogen (secondary N) is 2. The van der Waals surface area contributed by atoms with Gasteiger partial charge in [0.15, 0.2) is 0 Å². The fourth-order valence-corrected chi connectivity index (χ4v) is 7.69. The zero-order valence-corrected chi connectivity index (χ0v) is 26.8. The van der Waals surface area contributed by atoms with E-state index in [0.29, 0.717) is 48.0 Å². The van der Waals surface area contributed by atoms with Crippen molar-refractivity contribution in [1.82, 2.24) is 15.5 Å². The second kappa shape index (κ2) is 12.4. The van der Waals surface area contributed by atoms with Gasteiger partial charge in [-0.1, -0.05) is 25.0 Å². The van der Waals surface area contributed by atoms with Crippen molar-refractivity contribution in [3.8, 4) is 22.5 Å². The third kappa shape index (κ3) is 5.73. The lowest BCUT2D eigenvalue weighted by Crippen LogP contribution is -2.65. The summed E-state index contributed by atoms with van der Waals surface area (Å²) in [5.74, 6) is -1.34. The summed E-state index contributed by atoms with van der Waals surface area (Å²) in [7, 11) is -2.57. The van der Waals surface area contributed by atoms with Gasteiger partial charge in [0.25, 0.3) is 11.8 Å². The highest BCUT2D eigenvalue weighted by atomic mass is 32.2. The van der Waals surface area contributed by atoms with Crippen LogP contribution in [-0.2, 0) is 14.8 Å². The molecule has 0 bridgehead atoms. The molecule has 1 saturated heterocycles. The number of alkyl halides is 1. The van der Waals surface area contributed by atoms with E-state index in [1.165, 1.54) is 37.4 Å². The van der Waals surface area contributed by atoms with Crippen LogP contribution in [0, 0.1) is 5.82 Å². The first-order chi connectivity index (χ1) is 22.5. The fraction of sp³-hybridized carbons (Fsp3) is 0.324. The highest BCUT2D eigenvalue weighted by Gasteiger charge is 2.50. The molecule has 1 spiro atoms. The van der Waals surface area contributed by atoms with Crippen molar-refractivity contribution in [2.24, 2.45) is 0 Å². The molecule has 4 aromatic rings. The topological polar surface area (TPSA) is 129 Å². The van der Waals surface area contributed by atoms with Crippen LogP contribution in [0.15, 0.2) is 65.1 Å². The molecule has 3 amide bonds. The molecular weight excluding hydrogens is 630 g/mol. The molecule has 0 atom stereocenters. The standard InChI is InChI=1S/C34H34F2N4O6S/c1-37-31(41)29-26-19-25(22-6-5-7-23(18-22)32(42)39-17-15-38-33(43)34(39)12-3-4-13-34)27(40(16-14-35)47(2,44)45)20-28(26)46-30(29)21-8-10-24(36)11-9-21/h5-11,18-20H,3-4,12-17H2,1-2H3,(H,37,41)(H,38,43). The number of halogens is 2. The molecule has 1 saturated carbocycles. The van der Waals surface area contributed by atoms with E-state index < -0.39 is 40.5 Å². The van der Waals surface area contributed by atoms with Crippen molar-refractivity contribution in [3.05, 3.63) is 77.6 Å². The normalized spacial score (nSPS) is 16.0. The van der Waals surface area contributed by atoms with Gasteiger partial charge in [0.2, 0.25) is 15.9 Å². The Bertz CT molecular complexity index is 1990. The lowest BCUT2D eigenvalue weighted by molar-refractivity contribution is -0.134. The van der Waals surface area contributed by atoms with E-state index in [2.05, 4.69) is 10.6 Å². The molecule has 1 aliphatic heterocycles. The van der Waals surface area contributed by atoms with Gasteiger partial charge in [-0.3, -0.25) is 18.7 Å². The molecule has 2 aliphatic rings. The van der Waals surface area contributed by atoms with Gasteiger partial charge < -0.3 is 20.0 Å². The van der Waals surface area contributed by atoms with Crippen LogP contribution in [0.1, 0.15) is 46.4 Å². The van der Waals surface area contributed by atoms with Crippen LogP contribution >= 0.6 is 0 Å². The molecule has 0 radical (unpaired) electrons. The largest absolute Gasteiger partial charge is 0.455 e. The number of hydrogen-bond acceptors (Lipinski definition) is 6. The number of furan rings is 1. The van der Waals surface area contributed by atoms with E-state index in [-0.39, 0.29) is 40.0 Å². The highest BCUT2D eigenvalue weighted by molar-refractivity contribution is 7.92. The molecule has 246 valence electrons. The summed E-state index contributed by atoms with van der Waals surface area (Å²) in [5.41, 5.74) is 0.860. The van der Waals surface area contributed by atoms with Crippen LogP contribution in [0.4, 0.5) is 14.5 Å². The number of hydrogen-bond donors (Lipinski definition) is 2. The highest BCUT2D eigenvalue weighted by Crippen LogP contribution is 2.43. The zero-order valence-electron chi connectivity index (χ0n) is 25.9. The monoisotopic (exact) mass is 664 g/mol. The summed E-state index contributed by atoms with van der Waals surface area (Å²) in [6.07, 6.45) is 3.75. The van der Waals surface area contributed by atoms with Crippen LogP contribution in [0.25, 0.3) is 33.4 Å². The Labute approximate surface area is 270 Å². The first-order valence-electron chi connectivity index (χ1n) is 15.3. The fourth-order valence-electron chi connectivity index (χ4n) is 6.78. The molecule has 1 aliphatic carbocycles. The van der Waals surface area contributed by atoms with Crippen LogP contribution < -0.4 is 14.9 Å². The molecule has 2 fully saturated rings. The van der Waals surface area contributed by atoms with Gasteiger partial charge in [0.1, 0.15) is 29.4 Å². The Morgan fingerprint density at radius 2 is 1.79 bits per heavy atom. The predicted molar refractivity (Wildman–Crippen MR) is 174 cm³/mol. The molecular formula is C34H34F2N4O6S. The molecule has 10 nitrogen and oxygen atoms in total. The van der Waals surface area contributed by atoms with E-state index in [1.807, 2.05) is 0 Å². The second-order valence-electron chi connectivity index (χ2n) is 11.8. The Morgan fingerprint density at radius 3 is 2.45 bits per heavy atom. The van der Waals surface area contributed by atoms with Crippen molar-refractivity contribution in [1.29, 1.82) is 0 Å². The number of carbonyl (C=O) groups excluding carboxylic acids is 3. The van der Waals surface area contributed by atoms with Gasteiger partial charge in [-0.2, -0.15) is 0 Å². The maximum Gasteiger partial charge on any atom is 0.255 e. The number of anilines is 1. The number of fused-ring (bicyclic) bond motifs is 1. The number of rotatable bonds is 8. The van der Waals surface area contributed by atoms with Gasteiger partial charge in [0, 0.05) is 48.3 Å². The first kappa shape index (κ1) is 32.2. The van der Waals surface area contributed by atoms with Crippen LogP contribution in [0.2, 0.25) is 0 Å². The average Bonchev–Trinajstić information content (AvgIpc) is 3.69. The Morgan fingerprint density at radius 1 is 1.06 bits per heavy atom. The van der Waals surface area contributed by atoms with Crippen molar-refractivity contribution >= 4 is 44.4 Å². The molecule has 6 rings (SSSR count). The van der Waals surface area contributed by atoms with E-state index in [0.717, 1.165) is 23.4 Å². The van der Waals surface area contributed by atoms with Gasteiger partial charge >= 0.3 is 0 Å². The molecule has 3 aromatic carbocycles.